The Hall–Kier alpha value is -4.81. The summed E-state index contributed by atoms with van der Waals surface area (Å²) in [6.07, 6.45) is 1.64. The molecule has 0 spiro atoms. The van der Waals surface area contributed by atoms with E-state index in [2.05, 4.69) is 20.9 Å². The summed E-state index contributed by atoms with van der Waals surface area (Å²) >= 11 is 5.84. The largest absolute Gasteiger partial charge is 0.321 e. The molecule has 3 heterocycles. The van der Waals surface area contributed by atoms with Crippen LogP contribution in [0.2, 0.25) is 0 Å². The number of nitrogens with one attached hydrogen (secondary N) is 3. The number of aromatic nitrogens is 1. The van der Waals surface area contributed by atoms with Gasteiger partial charge in [0, 0.05) is 21.5 Å². The first-order valence-corrected chi connectivity index (χ1v) is 17.6. The van der Waals surface area contributed by atoms with Crippen molar-refractivity contribution in [2.45, 2.75) is 10.1 Å². The molecule has 0 saturated carbocycles. The molecule has 7 nitrogen and oxygen atoms in total. The van der Waals surface area contributed by atoms with Crippen molar-refractivity contribution < 1.29 is 14.4 Å². The van der Waals surface area contributed by atoms with Gasteiger partial charge in [-0.2, -0.15) is 11.3 Å². The van der Waals surface area contributed by atoms with Crippen molar-refractivity contribution in [3.63, 3.8) is 0 Å². The second-order valence-electron chi connectivity index (χ2n) is 9.83. The third-order valence-electron chi connectivity index (χ3n) is 6.58. The van der Waals surface area contributed by atoms with Crippen molar-refractivity contribution in [2.24, 2.45) is 0 Å². The van der Waals surface area contributed by atoms with Crippen LogP contribution < -0.4 is 16.0 Å². The van der Waals surface area contributed by atoms with E-state index < -0.39 is 11.2 Å². The maximum Gasteiger partial charge on any atom is 0.272 e. The highest BCUT2D eigenvalue weighted by Crippen LogP contribution is 2.38. The first-order valence-electron chi connectivity index (χ1n) is 14.1. The number of hydrogen-bond donors (Lipinski definition) is 3. The van der Waals surface area contributed by atoms with Crippen LogP contribution in [0.5, 0.6) is 0 Å². The number of benzene rings is 3. The Labute approximate surface area is 282 Å². The molecular weight excluding hydrogens is 653 g/mol. The molecule has 3 aromatic heterocycles. The molecule has 6 rings (SSSR count). The van der Waals surface area contributed by atoms with Crippen LogP contribution in [0.25, 0.3) is 16.6 Å². The van der Waals surface area contributed by atoms with E-state index in [-0.39, 0.29) is 17.5 Å². The third kappa shape index (κ3) is 8.06. The number of amides is 3. The van der Waals surface area contributed by atoms with Crippen LogP contribution in [-0.4, -0.2) is 22.7 Å². The molecule has 0 saturated heterocycles. The number of thioether (sulfide) groups is 1. The topological polar surface area (TPSA) is 100 Å². The molecule has 6 aromatic rings. The monoisotopic (exact) mass is 678 g/mol. The van der Waals surface area contributed by atoms with Gasteiger partial charge < -0.3 is 16.0 Å². The van der Waals surface area contributed by atoms with E-state index >= 15 is 0 Å². The van der Waals surface area contributed by atoms with Gasteiger partial charge in [-0.25, -0.2) is 4.98 Å². The highest BCUT2D eigenvalue weighted by atomic mass is 32.2. The maximum atomic E-state index is 13.7. The molecule has 0 radical (unpaired) electrons. The Kier molecular flexibility index (Phi) is 10.2. The lowest BCUT2D eigenvalue weighted by molar-refractivity contribution is -0.116. The van der Waals surface area contributed by atoms with Crippen LogP contribution in [0.3, 0.4) is 0 Å². The quantitative estimate of drug-likeness (QED) is 0.0940. The number of carbonyl (C=O) groups excluding carboxylic acids is 3. The summed E-state index contributed by atoms with van der Waals surface area (Å²) in [7, 11) is 0. The van der Waals surface area contributed by atoms with Gasteiger partial charge in [0.1, 0.15) is 10.9 Å². The normalized spacial score (nSPS) is 11.9. The number of anilines is 2. The van der Waals surface area contributed by atoms with Gasteiger partial charge in [0.2, 0.25) is 5.91 Å². The zero-order chi connectivity index (χ0) is 31.7. The maximum absolute atomic E-state index is 13.7. The van der Waals surface area contributed by atoms with E-state index in [0.29, 0.717) is 16.4 Å². The minimum absolute atomic E-state index is 0.109. The molecular formula is C35H26N4O3S4. The molecule has 11 heteroatoms. The van der Waals surface area contributed by atoms with Gasteiger partial charge in [-0.05, 0) is 75.8 Å². The SMILES string of the molecule is O=C(Nc1cccc(SC(C(=O)Nc2nc(-c3cccs3)cs2)c2ccccc2)c1)/C(=C/c1ccsc1)NC(=O)c1ccccc1. The molecule has 0 aliphatic carbocycles. The van der Waals surface area contributed by atoms with Crippen LogP contribution in [0.1, 0.15) is 26.7 Å². The second-order valence-corrected chi connectivity index (χ2v) is 13.6. The molecule has 228 valence electrons. The fourth-order valence-electron chi connectivity index (χ4n) is 4.39. The highest BCUT2D eigenvalue weighted by Gasteiger charge is 2.24. The molecule has 1 unspecified atom stereocenters. The Balaban J connectivity index is 1.19. The first kappa shape index (κ1) is 31.2. The average Bonchev–Trinajstić information content (AvgIpc) is 3.88. The van der Waals surface area contributed by atoms with E-state index in [1.807, 2.05) is 94.3 Å². The number of rotatable bonds is 11. The van der Waals surface area contributed by atoms with Crippen molar-refractivity contribution in [3.8, 4) is 10.6 Å². The lowest BCUT2D eigenvalue weighted by Gasteiger charge is -2.17. The summed E-state index contributed by atoms with van der Waals surface area (Å²) in [6.45, 7) is 0. The molecule has 0 aliphatic heterocycles. The van der Waals surface area contributed by atoms with Crippen molar-refractivity contribution in [1.82, 2.24) is 10.3 Å². The number of hydrogen-bond acceptors (Lipinski definition) is 8. The van der Waals surface area contributed by atoms with Crippen molar-refractivity contribution in [3.05, 3.63) is 147 Å². The summed E-state index contributed by atoms with van der Waals surface area (Å²) < 4.78 is 0. The van der Waals surface area contributed by atoms with Crippen LogP contribution in [0.15, 0.2) is 135 Å². The predicted octanol–water partition coefficient (Wildman–Crippen LogP) is 8.81. The minimum Gasteiger partial charge on any atom is -0.321 e. The molecule has 0 aliphatic rings. The highest BCUT2D eigenvalue weighted by molar-refractivity contribution is 8.00. The molecule has 0 fully saturated rings. The lowest BCUT2D eigenvalue weighted by atomic mass is 10.1. The summed E-state index contributed by atoms with van der Waals surface area (Å²) in [4.78, 5) is 46.5. The van der Waals surface area contributed by atoms with Crippen LogP contribution in [0, 0.1) is 0 Å². The summed E-state index contributed by atoms with van der Waals surface area (Å²) in [5.41, 5.74) is 3.53. The van der Waals surface area contributed by atoms with Crippen LogP contribution in [-0.2, 0) is 9.59 Å². The van der Waals surface area contributed by atoms with E-state index in [4.69, 9.17) is 0 Å². The molecule has 0 bridgehead atoms. The minimum atomic E-state index is -0.583. The predicted molar refractivity (Wildman–Crippen MR) is 190 cm³/mol. The fraction of sp³-hybridized carbons (Fsp3) is 0.0286. The standard InChI is InChI=1S/C35H26N4O3S4/c40-32(25-11-5-2-6-12-25)37-28(19-23-16-18-43-21-23)33(41)36-26-13-7-14-27(20-26)46-31(24-9-3-1-4-10-24)34(42)39-35-38-29(22-45-35)30-15-8-17-44-30/h1-22,31H,(H,36,41)(H,37,40)(H,38,39,42)/b28-19-. The average molecular weight is 679 g/mol. The Morgan fingerprint density at radius 3 is 2.33 bits per heavy atom. The first-order chi connectivity index (χ1) is 22.5. The van der Waals surface area contributed by atoms with Crippen molar-refractivity contribution in [2.75, 3.05) is 10.6 Å². The van der Waals surface area contributed by atoms with Gasteiger partial charge in [0.05, 0.1) is 10.6 Å². The van der Waals surface area contributed by atoms with Gasteiger partial charge in [-0.3, -0.25) is 14.4 Å². The van der Waals surface area contributed by atoms with Gasteiger partial charge in [0.15, 0.2) is 5.13 Å². The summed E-state index contributed by atoms with van der Waals surface area (Å²) in [5.74, 6) is -1.07. The van der Waals surface area contributed by atoms with E-state index in [0.717, 1.165) is 26.6 Å². The molecule has 3 amide bonds. The Bertz CT molecular complexity index is 1960. The summed E-state index contributed by atoms with van der Waals surface area (Å²) in [5, 5.41) is 16.3. The van der Waals surface area contributed by atoms with E-state index in [1.54, 1.807) is 47.7 Å². The second kappa shape index (κ2) is 15.0. The van der Waals surface area contributed by atoms with Gasteiger partial charge in [-0.15, -0.1) is 34.4 Å². The zero-order valence-corrected chi connectivity index (χ0v) is 27.3. The summed E-state index contributed by atoms with van der Waals surface area (Å²) in [6, 6.07) is 31.4. The molecule has 3 aromatic carbocycles. The van der Waals surface area contributed by atoms with Crippen molar-refractivity contribution >= 4 is 80.4 Å². The molecule has 1 atom stereocenters. The number of thiazole rings is 1. The molecule has 3 N–H and O–H groups in total. The number of thiophene rings is 2. The van der Waals surface area contributed by atoms with Crippen LogP contribution in [0.4, 0.5) is 10.8 Å². The van der Waals surface area contributed by atoms with Gasteiger partial charge >= 0.3 is 0 Å². The van der Waals surface area contributed by atoms with Gasteiger partial charge in [0.25, 0.3) is 11.8 Å². The van der Waals surface area contributed by atoms with E-state index in [9.17, 15) is 14.4 Å². The van der Waals surface area contributed by atoms with E-state index in [1.165, 1.54) is 34.4 Å². The Morgan fingerprint density at radius 2 is 1.59 bits per heavy atom. The number of nitrogens with zero attached hydrogens (tertiary/aromatic N) is 1. The zero-order valence-electron chi connectivity index (χ0n) is 24.1. The third-order valence-corrected chi connectivity index (χ3v) is 10.2. The Morgan fingerprint density at radius 1 is 0.783 bits per heavy atom. The smallest absolute Gasteiger partial charge is 0.272 e. The fourth-order valence-corrected chi connectivity index (χ4v) is 7.56. The van der Waals surface area contributed by atoms with Gasteiger partial charge in [-0.1, -0.05) is 60.7 Å². The van der Waals surface area contributed by atoms with Crippen LogP contribution >= 0.6 is 45.8 Å². The number of carbonyl (C=O) groups is 3. The lowest BCUT2D eigenvalue weighted by Crippen LogP contribution is -2.30. The molecule has 46 heavy (non-hydrogen) atoms. The van der Waals surface area contributed by atoms with Crippen molar-refractivity contribution in [1.29, 1.82) is 0 Å².